The molecule has 0 unspecified atom stereocenters. The van der Waals surface area contributed by atoms with Crippen molar-refractivity contribution in [3.8, 4) is 0 Å². The van der Waals surface area contributed by atoms with Crippen molar-refractivity contribution in [1.29, 1.82) is 0 Å². The lowest BCUT2D eigenvalue weighted by molar-refractivity contribution is -0.122. The largest absolute Gasteiger partial charge is 0.352 e. The lowest BCUT2D eigenvalue weighted by Gasteiger charge is -2.12. The number of halogens is 1. The van der Waals surface area contributed by atoms with E-state index in [-0.39, 0.29) is 24.1 Å². The molecule has 30 heavy (non-hydrogen) atoms. The Balaban J connectivity index is 1.82. The highest BCUT2D eigenvalue weighted by molar-refractivity contribution is 6.30. The number of aromatic nitrogens is 3. The summed E-state index contributed by atoms with van der Waals surface area (Å²) in [6.07, 6.45) is 2.50. The molecule has 2 aromatic carbocycles. The zero-order chi connectivity index (χ0) is 21.3. The first-order valence-electron chi connectivity index (χ1n) is 9.98. The number of carbonyl (C=O) groups excluding carboxylic acids is 1. The van der Waals surface area contributed by atoms with Crippen LogP contribution in [-0.2, 0) is 17.9 Å². The van der Waals surface area contributed by atoms with Crippen LogP contribution in [0, 0.1) is 0 Å². The minimum Gasteiger partial charge on any atom is -0.352 e. The van der Waals surface area contributed by atoms with Crippen LogP contribution in [0.1, 0.15) is 25.8 Å². The maximum absolute atomic E-state index is 13.3. The molecule has 154 valence electrons. The number of nitrogens with one attached hydrogen (secondary N) is 1. The third-order valence-electron chi connectivity index (χ3n) is 5.34. The van der Waals surface area contributed by atoms with Crippen LogP contribution in [0.15, 0.2) is 59.5 Å². The molecule has 2 aromatic heterocycles. The van der Waals surface area contributed by atoms with Gasteiger partial charge in [0, 0.05) is 33.9 Å². The van der Waals surface area contributed by atoms with Crippen molar-refractivity contribution in [2.75, 3.05) is 0 Å². The van der Waals surface area contributed by atoms with Crippen molar-refractivity contribution in [3.05, 3.63) is 75.7 Å². The minimum absolute atomic E-state index is 0.0493. The normalized spacial score (nSPS) is 12.4. The van der Waals surface area contributed by atoms with Crippen molar-refractivity contribution in [2.24, 2.45) is 0 Å². The number of hydrogen-bond donors (Lipinski definition) is 1. The fraction of sp³-hybridized carbons (Fsp3) is 0.261. The van der Waals surface area contributed by atoms with Crippen LogP contribution in [0.25, 0.3) is 21.8 Å². The molecule has 2 heterocycles. The van der Waals surface area contributed by atoms with Crippen LogP contribution in [-0.4, -0.2) is 26.3 Å². The van der Waals surface area contributed by atoms with Gasteiger partial charge in [-0.3, -0.25) is 9.59 Å². The molecule has 0 radical (unpaired) electrons. The number of hydrogen-bond acceptors (Lipinski definition) is 3. The Morgan fingerprint density at radius 3 is 2.60 bits per heavy atom. The van der Waals surface area contributed by atoms with Crippen molar-refractivity contribution >= 4 is 39.3 Å². The summed E-state index contributed by atoms with van der Waals surface area (Å²) in [5.41, 5.74) is 2.23. The number of rotatable bonds is 6. The highest BCUT2D eigenvalue weighted by Crippen LogP contribution is 2.27. The quantitative estimate of drug-likeness (QED) is 0.511. The molecule has 0 aliphatic rings. The molecule has 0 aliphatic heterocycles. The average molecular weight is 423 g/mol. The van der Waals surface area contributed by atoms with Crippen LogP contribution in [0.5, 0.6) is 0 Å². The van der Waals surface area contributed by atoms with E-state index in [1.165, 1.54) is 4.68 Å². The summed E-state index contributed by atoms with van der Waals surface area (Å²) < 4.78 is 3.22. The number of fused-ring (bicyclic) bond motifs is 3. The van der Waals surface area contributed by atoms with Gasteiger partial charge in [-0.15, -0.1) is 0 Å². The van der Waals surface area contributed by atoms with Gasteiger partial charge in [-0.25, -0.2) is 4.68 Å². The molecule has 4 aromatic rings. The van der Waals surface area contributed by atoms with E-state index in [9.17, 15) is 9.59 Å². The first-order chi connectivity index (χ1) is 14.5. The summed E-state index contributed by atoms with van der Waals surface area (Å²) >= 11 is 6.02. The molecule has 7 heteroatoms. The average Bonchev–Trinajstić information content (AvgIpc) is 3.06. The van der Waals surface area contributed by atoms with Gasteiger partial charge < -0.3 is 9.88 Å². The van der Waals surface area contributed by atoms with E-state index in [1.807, 2.05) is 66.9 Å². The highest BCUT2D eigenvalue weighted by Gasteiger charge is 2.17. The lowest BCUT2D eigenvalue weighted by Crippen LogP contribution is -2.38. The predicted octanol–water partition coefficient (Wildman–Crippen LogP) is 3.97. The van der Waals surface area contributed by atoms with Crippen molar-refractivity contribution in [1.82, 2.24) is 19.7 Å². The summed E-state index contributed by atoms with van der Waals surface area (Å²) in [4.78, 5) is 25.7. The molecular weight excluding hydrogens is 400 g/mol. The SMILES string of the molecule is CC[C@@H](C)NC(=O)Cn1ncc2c3ccccc3n(Cc3ccc(Cl)cc3)c2c1=O. The van der Waals surface area contributed by atoms with Gasteiger partial charge in [0.05, 0.1) is 6.20 Å². The minimum atomic E-state index is -0.281. The molecule has 4 rings (SSSR count). The van der Waals surface area contributed by atoms with Gasteiger partial charge in [0.25, 0.3) is 5.56 Å². The molecular formula is C23H23ClN4O2. The second-order valence-electron chi connectivity index (χ2n) is 7.48. The van der Waals surface area contributed by atoms with Gasteiger partial charge in [-0.2, -0.15) is 5.10 Å². The third-order valence-corrected chi connectivity index (χ3v) is 5.59. The third kappa shape index (κ3) is 3.83. The van der Waals surface area contributed by atoms with E-state index in [1.54, 1.807) is 6.20 Å². The van der Waals surface area contributed by atoms with E-state index in [0.29, 0.717) is 17.1 Å². The number of nitrogens with zero attached hydrogens (tertiary/aromatic N) is 3. The Morgan fingerprint density at radius 1 is 1.13 bits per heavy atom. The Kier molecular flexibility index (Phi) is 5.59. The predicted molar refractivity (Wildman–Crippen MR) is 120 cm³/mol. The standard InChI is InChI=1S/C23H23ClN4O2/c1-3-15(2)26-21(29)14-28-23(30)22-19(12-25-28)18-6-4-5-7-20(18)27(22)13-16-8-10-17(24)11-9-16/h4-12,15H,3,13-14H2,1-2H3,(H,26,29)/t15-/m1/s1. The van der Waals surface area contributed by atoms with Crippen LogP contribution < -0.4 is 10.9 Å². The number of para-hydroxylation sites is 1. The smallest absolute Gasteiger partial charge is 0.291 e. The molecule has 0 fully saturated rings. The van der Waals surface area contributed by atoms with Gasteiger partial charge in [0.1, 0.15) is 12.1 Å². The van der Waals surface area contributed by atoms with Gasteiger partial charge >= 0.3 is 0 Å². The Morgan fingerprint density at radius 2 is 1.87 bits per heavy atom. The summed E-state index contributed by atoms with van der Waals surface area (Å²) in [5.74, 6) is -0.223. The van der Waals surface area contributed by atoms with Gasteiger partial charge in [-0.05, 0) is 37.1 Å². The highest BCUT2D eigenvalue weighted by atomic mass is 35.5. The molecule has 1 amide bonds. The molecule has 0 saturated carbocycles. The van der Waals surface area contributed by atoms with Crippen LogP contribution in [0.4, 0.5) is 0 Å². The first kappa shape index (κ1) is 20.2. The van der Waals surface area contributed by atoms with Crippen LogP contribution in [0.2, 0.25) is 5.02 Å². The van der Waals surface area contributed by atoms with E-state index in [2.05, 4.69) is 10.4 Å². The molecule has 0 saturated heterocycles. The van der Waals surface area contributed by atoms with Crippen molar-refractivity contribution in [3.63, 3.8) is 0 Å². The molecule has 1 atom stereocenters. The Hall–Kier alpha value is -3.12. The van der Waals surface area contributed by atoms with Crippen molar-refractivity contribution in [2.45, 2.75) is 39.4 Å². The van der Waals surface area contributed by atoms with Gasteiger partial charge in [0.15, 0.2) is 0 Å². The van der Waals surface area contributed by atoms with E-state index in [0.717, 1.165) is 28.3 Å². The zero-order valence-electron chi connectivity index (χ0n) is 16.9. The molecule has 1 N–H and O–H groups in total. The van der Waals surface area contributed by atoms with E-state index in [4.69, 9.17) is 11.6 Å². The van der Waals surface area contributed by atoms with Crippen LogP contribution >= 0.6 is 11.6 Å². The van der Waals surface area contributed by atoms with Crippen LogP contribution in [0.3, 0.4) is 0 Å². The van der Waals surface area contributed by atoms with E-state index < -0.39 is 0 Å². The topological polar surface area (TPSA) is 68.9 Å². The van der Waals surface area contributed by atoms with Gasteiger partial charge in [0.2, 0.25) is 5.91 Å². The Labute approximate surface area is 179 Å². The summed E-state index contributed by atoms with van der Waals surface area (Å²) in [6, 6.07) is 15.5. The summed E-state index contributed by atoms with van der Waals surface area (Å²) in [5, 5.41) is 9.56. The second kappa shape index (κ2) is 8.32. The maximum atomic E-state index is 13.3. The number of benzene rings is 2. The molecule has 6 nitrogen and oxygen atoms in total. The van der Waals surface area contributed by atoms with E-state index >= 15 is 0 Å². The zero-order valence-corrected chi connectivity index (χ0v) is 17.7. The summed E-state index contributed by atoms with van der Waals surface area (Å²) in [6.45, 7) is 4.33. The molecule has 0 aliphatic carbocycles. The summed E-state index contributed by atoms with van der Waals surface area (Å²) in [7, 11) is 0. The number of carbonyl (C=O) groups is 1. The number of amides is 1. The lowest BCUT2D eigenvalue weighted by atomic mass is 10.2. The fourth-order valence-corrected chi connectivity index (χ4v) is 3.73. The molecule has 0 bridgehead atoms. The Bertz CT molecular complexity index is 1270. The first-order valence-corrected chi connectivity index (χ1v) is 10.4. The maximum Gasteiger partial charge on any atom is 0.291 e. The monoisotopic (exact) mass is 422 g/mol. The second-order valence-corrected chi connectivity index (χ2v) is 7.91. The van der Waals surface area contributed by atoms with Crippen molar-refractivity contribution < 1.29 is 4.79 Å². The fourth-order valence-electron chi connectivity index (χ4n) is 3.60. The molecule has 0 spiro atoms. The van der Waals surface area contributed by atoms with Gasteiger partial charge in [-0.1, -0.05) is 48.9 Å².